The third-order valence-electron chi connectivity index (χ3n) is 9.03. The molecular weight excluding hydrogens is 854 g/mol. The first-order valence-corrected chi connectivity index (χ1v) is 24.3. The maximum Gasteiger partial charge on any atom is 0.264 e. The normalized spacial score (nSPS) is 12.4. The van der Waals surface area contributed by atoms with Gasteiger partial charge in [-0.25, -0.2) is 0 Å². The molecule has 0 aromatic carbocycles. The van der Waals surface area contributed by atoms with Gasteiger partial charge in [-0.1, -0.05) is 80.1 Å². The van der Waals surface area contributed by atoms with Gasteiger partial charge in [0.15, 0.2) is 0 Å². The van der Waals surface area contributed by atoms with Gasteiger partial charge >= 0.3 is 0 Å². The van der Waals surface area contributed by atoms with Crippen LogP contribution in [0.15, 0.2) is 0 Å². The van der Waals surface area contributed by atoms with E-state index in [1.807, 2.05) is 13.8 Å². The highest BCUT2D eigenvalue weighted by atomic mass is 79.9. The number of halogens is 1. The van der Waals surface area contributed by atoms with Crippen LogP contribution in [0.4, 0.5) is 0 Å². The van der Waals surface area contributed by atoms with E-state index in [9.17, 15) is 32.4 Å². The summed E-state index contributed by atoms with van der Waals surface area (Å²) in [4.78, 5) is 59.5. The lowest BCUT2D eigenvalue weighted by atomic mass is 10.0. The van der Waals surface area contributed by atoms with E-state index in [1.165, 1.54) is 19.3 Å². The molecule has 59 heavy (non-hydrogen) atoms. The van der Waals surface area contributed by atoms with Gasteiger partial charge in [0.25, 0.3) is 10.1 Å². The van der Waals surface area contributed by atoms with E-state index in [-0.39, 0.29) is 93.6 Å². The lowest BCUT2D eigenvalue weighted by Crippen LogP contribution is -2.35. The number of hydrogen-bond donors (Lipinski definition) is 6. The van der Waals surface area contributed by atoms with Crippen LogP contribution in [-0.2, 0) is 53.0 Å². The van der Waals surface area contributed by atoms with Gasteiger partial charge < -0.3 is 45.5 Å². The highest BCUT2D eigenvalue weighted by Crippen LogP contribution is 2.13. The topological polar surface area (TPSA) is 237 Å². The molecule has 19 heteroatoms. The Bertz CT molecular complexity index is 1220. The number of rotatable bonds is 42. The number of carbonyl (C=O) groups is 5. The number of amides is 5. The molecule has 0 aliphatic heterocycles. The smallest absolute Gasteiger partial charge is 0.264 e. The molecule has 0 heterocycles. The summed E-state index contributed by atoms with van der Waals surface area (Å²) in [5, 5.41) is 14.4. The molecule has 0 aliphatic carbocycles. The number of unbranched alkanes of at least 4 members (excludes halogenated alkanes) is 12. The van der Waals surface area contributed by atoms with Crippen LogP contribution in [0.5, 0.6) is 0 Å². The molecule has 0 saturated carbocycles. The maximum atomic E-state index is 12.3. The minimum atomic E-state index is -3.83. The summed E-state index contributed by atoms with van der Waals surface area (Å²) in [5.41, 5.74) is 0. The molecule has 346 valence electrons. The summed E-state index contributed by atoms with van der Waals surface area (Å²) in [7, 11) is -3.83. The zero-order chi connectivity index (χ0) is 43.8. The van der Waals surface area contributed by atoms with E-state index in [1.54, 1.807) is 0 Å². The fourth-order valence-electron chi connectivity index (χ4n) is 5.78. The number of ether oxygens (including phenoxy) is 4. The quantitative estimate of drug-likeness (QED) is 0.0292. The lowest BCUT2D eigenvalue weighted by Gasteiger charge is -2.14. The molecular formula is C40H76BrN5O12S. The van der Waals surface area contributed by atoms with Crippen LogP contribution in [0.3, 0.4) is 0 Å². The highest BCUT2D eigenvalue weighted by molar-refractivity contribution is 9.09. The third kappa shape index (κ3) is 43.5. The Kier molecular flexibility index (Phi) is 38.1. The van der Waals surface area contributed by atoms with Crippen molar-refractivity contribution in [2.24, 2.45) is 0 Å². The van der Waals surface area contributed by atoms with Gasteiger partial charge in [0.2, 0.25) is 29.5 Å². The number of hydrogen-bond acceptors (Lipinski definition) is 11. The van der Waals surface area contributed by atoms with Crippen LogP contribution in [0, 0.1) is 0 Å². The average molecular weight is 931 g/mol. The van der Waals surface area contributed by atoms with Crippen molar-refractivity contribution in [3.05, 3.63) is 0 Å². The summed E-state index contributed by atoms with van der Waals surface area (Å²) >= 11 is 3.10. The molecule has 0 aliphatic rings. The van der Waals surface area contributed by atoms with Crippen molar-refractivity contribution in [1.82, 2.24) is 26.6 Å². The molecule has 6 N–H and O–H groups in total. The molecule has 0 radical (unpaired) electrons. The SMILES string of the molecule is C[C@@H](CCC(=O)NCCOCCOCC(=O)NCCOCCOCC(=O)N[C@@H](C)CCCCNC(=O)CBr)NC(=O)CCCCCCCCCCCCCCS(=O)(=O)O. The Morgan fingerprint density at radius 3 is 1.51 bits per heavy atom. The number of nitrogens with one attached hydrogen (secondary N) is 5. The summed E-state index contributed by atoms with van der Waals surface area (Å²) in [6.07, 6.45) is 16.2. The van der Waals surface area contributed by atoms with Crippen molar-refractivity contribution >= 4 is 55.6 Å². The lowest BCUT2D eigenvalue weighted by molar-refractivity contribution is -0.128. The predicted molar refractivity (Wildman–Crippen MR) is 231 cm³/mol. The first kappa shape index (κ1) is 56.6. The van der Waals surface area contributed by atoms with Crippen molar-refractivity contribution in [2.75, 3.05) is 83.6 Å². The minimum absolute atomic E-state index is 0.0104. The molecule has 2 atom stereocenters. The number of alkyl halides is 1. The fourth-order valence-corrected chi connectivity index (χ4v) is 6.55. The third-order valence-corrected chi connectivity index (χ3v) is 10.3. The van der Waals surface area contributed by atoms with Gasteiger partial charge in [-0.3, -0.25) is 28.5 Å². The van der Waals surface area contributed by atoms with Crippen LogP contribution in [-0.4, -0.2) is 138 Å². The molecule has 0 bridgehead atoms. The van der Waals surface area contributed by atoms with E-state index in [0.29, 0.717) is 57.3 Å². The minimum Gasteiger partial charge on any atom is -0.377 e. The molecule has 17 nitrogen and oxygen atoms in total. The Labute approximate surface area is 361 Å². The molecule has 0 aromatic rings. The van der Waals surface area contributed by atoms with Gasteiger partial charge in [0, 0.05) is 44.6 Å². The van der Waals surface area contributed by atoms with Crippen LogP contribution in [0.2, 0.25) is 0 Å². The molecule has 0 saturated heterocycles. The Hall–Kier alpha value is -2.42. The summed E-state index contributed by atoms with van der Waals surface area (Å²) < 4.78 is 51.6. The standard InChI is InChI=1S/C40H76BrN5O12S/c1-34(17-14-15-21-42-38(49)31-41)46-40(51)33-58-29-27-56-25-23-44-39(50)32-57-28-26-55-24-22-43-36(47)20-19-35(2)45-37(48)18-13-11-9-7-5-3-4-6-8-10-12-16-30-59(52,53)54/h34-35H,3-33H2,1-2H3,(H,42,49)(H,43,47)(H,44,50)(H,45,48)(H,46,51)(H,52,53,54)/t34-,35-/m0/s1. The van der Waals surface area contributed by atoms with E-state index < -0.39 is 10.1 Å². The largest absolute Gasteiger partial charge is 0.377 e. The zero-order valence-corrected chi connectivity index (χ0v) is 38.2. The average Bonchev–Trinajstić information content (AvgIpc) is 3.18. The summed E-state index contributed by atoms with van der Waals surface area (Å²) in [5.74, 6) is -0.762. The van der Waals surface area contributed by atoms with Crippen molar-refractivity contribution in [1.29, 1.82) is 0 Å². The van der Waals surface area contributed by atoms with Crippen molar-refractivity contribution in [2.45, 2.75) is 142 Å². The maximum absolute atomic E-state index is 12.3. The number of carbonyl (C=O) groups excluding carboxylic acids is 5. The second-order valence-electron chi connectivity index (χ2n) is 14.8. The van der Waals surface area contributed by atoms with Crippen LogP contribution in [0.25, 0.3) is 0 Å². The van der Waals surface area contributed by atoms with Crippen molar-refractivity contribution < 1.29 is 55.9 Å². The molecule has 0 aromatic heterocycles. The summed E-state index contributed by atoms with van der Waals surface area (Å²) in [6, 6.07) is -0.0830. The van der Waals surface area contributed by atoms with E-state index >= 15 is 0 Å². The van der Waals surface area contributed by atoms with E-state index in [2.05, 4.69) is 42.5 Å². The first-order valence-electron chi connectivity index (χ1n) is 21.5. The van der Waals surface area contributed by atoms with Gasteiger partial charge in [0.1, 0.15) is 13.2 Å². The summed E-state index contributed by atoms with van der Waals surface area (Å²) in [6.45, 7) is 6.55. The second-order valence-corrected chi connectivity index (χ2v) is 16.9. The molecule has 0 rings (SSSR count). The fraction of sp³-hybridized carbons (Fsp3) is 0.875. The Morgan fingerprint density at radius 2 is 0.949 bits per heavy atom. The molecule has 0 unspecified atom stereocenters. The zero-order valence-electron chi connectivity index (χ0n) is 35.8. The van der Waals surface area contributed by atoms with Gasteiger partial charge in [-0.15, -0.1) is 0 Å². The second kappa shape index (κ2) is 39.7. The van der Waals surface area contributed by atoms with Crippen LogP contribution >= 0.6 is 15.9 Å². The predicted octanol–water partition coefficient (Wildman–Crippen LogP) is 3.72. The molecule has 5 amide bonds. The highest BCUT2D eigenvalue weighted by Gasteiger charge is 2.11. The molecule has 0 fully saturated rings. The van der Waals surface area contributed by atoms with E-state index in [4.69, 9.17) is 23.5 Å². The van der Waals surface area contributed by atoms with Gasteiger partial charge in [-0.2, -0.15) is 8.42 Å². The Balaban J connectivity index is 3.52. The monoisotopic (exact) mass is 929 g/mol. The van der Waals surface area contributed by atoms with Crippen molar-refractivity contribution in [3.8, 4) is 0 Å². The Morgan fingerprint density at radius 1 is 0.492 bits per heavy atom. The molecule has 0 spiro atoms. The van der Waals surface area contributed by atoms with Crippen LogP contribution in [0.1, 0.15) is 129 Å². The van der Waals surface area contributed by atoms with Crippen LogP contribution < -0.4 is 26.6 Å². The first-order chi connectivity index (χ1) is 28.3. The van der Waals surface area contributed by atoms with Gasteiger partial charge in [-0.05, 0) is 52.4 Å². The van der Waals surface area contributed by atoms with Gasteiger partial charge in [0.05, 0.1) is 50.7 Å². The van der Waals surface area contributed by atoms with E-state index in [0.717, 1.165) is 70.6 Å². The van der Waals surface area contributed by atoms with Crippen molar-refractivity contribution in [3.63, 3.8) is 0 Å².